The number of nitrogens with zero attached hydrogens (tertiary/aromatic N) is 6. The molecular formula is C23H27N7. The summed E-state index contributed by atoms with van der Waals surface area (Å²) in [6.45, 7) is 4.08. The van der Waals surface area contributed by atoms with Gasteiger partial charge >= 0.3 is 0 Å². The molecule has 2 fully saturated rings. The highest BCUT2D eigenvalue weighted by Gasteiger charge is 2.43. The van der Waals surface area contributed by atoms with E-state index in [0.717, 1.165) is 60.1 Å². The molecule has 5 heterocycles. The van der Waals surface area contributed by atoms with E-state index < -0.39 is 0 Å². The van der Waals surface area contributed by atoms with Crippen molar-refractivity contribution < 1.29 is 0 Å². The van der Waals surface area contributed by atoms with Crippen LogP contribution >= 0.6 is 0 Å². The fourth-order valence-corrected chi connectivity index (χ4v) is 5.65. The highest BCUT2D eigenvalue weighted by molar-refractivity contribution is 5.80. The van der Waals surface area contributed by atoms with Gasteiger partial charge < -0.3 is 10.6 Å². The number of pyridine rings is 1. The second kappa shape index (κ2) is 6.54. The van der Waals surface area contributed by atoms with Crippen molar-refractivity contribution in [3.05, 3.63) is 48.7 Å². The molecule has 0 unspecified atom stereocenters. The Kier molecular flexibility index (Phi) is 3.90. The lowest BCUT2D eigenvalue weighted by Crippen LogP contribution is -2.47. The van der Waals surface area contributed by atoms with E-state index in [2.05, 4.69) is 25.6 Å². The molecule has 1 saturated carbocycles. The van der Waals surface area contributed by atoms with E-state index in [1.165, 1.54) is 19.3 Å². The van der Waals surface area contributed by atoms with Crippen molar-refractivity contribution in [3.8, 4) is 11.3 Å². The Morgan fingerprint density at radius 3 is 2.73 bits per heavy atom. The molecule has 0 bridgehead atoms. The molecule has 154 valence electrons. The van der Waals surface area contributed by atoms with Gasteiger partial charge in [-0.15, -0.1) is 0 Å². The van der Waals surface area contributed by atoms with Crippen molar-refractivity contribution in [2.75, 3.05) is 18.0 Å². The molecule has 0 amide bonds. The Hall–Kier alpha value is -2.93. The maximum atomic E-state index is 6.49. The van der Waals surface area contributed by atoms with E-state index in [-0.39, 0.29) is 0 Å². The van der Waals surface area contributed by atoms with Crippen LogP contribution in [0.15, 0.2) is 43.0 Å². The quantitative estimate of drug-likeness (QED) is 0.557. The number of nitrogens with two attached hydrogens (primary N) is 1. The second-order valence-corrected chi connectivity index (χ2v) is 8.91. The number of aryl methyl sites for hydroxylation is 1. The Balaban J connectivity index is 1.42. The van der Waals surface area contributed by atoms with E-state index in [9.17, 15) is 0 Å². The van der Waals surface area contributed by atoms with Crippen molar-refractivity contribution in [1.29, 1.82) is 0 Å². The van der Waals surface area contributed by atoms with Gasteiger partial charge in [-0.2, -0.15) is 0 Å². The predicted molar refractivity (Wildman–Crippen MR) is 118 cm³/mol. The van der Waals surface area contributed by atoms with E-state index in [1.807, 2.05) is 43.0 Å². The third-order valence-corrected chi connectivity index (χ3v) is 7.40. The highest BCUT2D eigenvalue weighted by atomic mass is 15.3. The SMILES string of the molecule is Cc1nc(N2CCC3(CCC[C@H]3N)CC2)n2ccnc2c1-c1cnc2ccccn12. The molecule has 1 saturated heterocycles. The smallest absolute Gasteiger partial charge is 0.211 e. The molecule has 2 N–H and O–H groups in total. The minimum absolute atomic E-state index is 0.343. The van der Waals surface area contributed by atoms with Gasteiger partial charge in [0.2, 0.25) is 5.95 Å². The Labute approximate surface area is 175 Å². The van der Waals surface area contributed by atoms with Gasteiger partial charge in [0.05, 0.1) is 23.1 Å². The fourth-order valence-electron chi connectivity index (χ4n) is 5.65. The van der Waals surface area contributed by atoms with Crippen LogP contribution in [0.25, 0.3) is 22.6 Å². The first-order valence-electron chi connectivity index (χ1n) is 10.9. The van der Waals surface area contributed by atoms with Crippen LogP contribution < -0.4 is 10.6 Å². The summed E-state index contributed by atoms with van der Waals surface area (Å²) in [4.78, 5) is 16.8. The Morgan fingerprint density at radius 1 is 1.07 bits per heavy atom. The number of anilines is 1. The summed E-state index contributed by atoms with van der Waals surface area (Å²) in [5.74, 6) is 0.985. The molecule has 1 aliphatic heterocycles. The summed E-state index contributed by atoms with van der Waals surface area (Å²) in [5.41, 5.74) is 11.7. The summed E-state index contributed by atoms with van der Waals surface area (Å²) in [5, 5.41) is 0. The first-order chi connectivity index (χ1) is 14.7. The van der Waals surface area contributed by atoms with Gasteiger partial charge in [0.25, 0.3) is 0 Å². The van der Waals surface area contributed by atoms with Crippen molar-refractivity contribution in [3.63, 3.8) is 0 Å². The van der Waals surface area contributed by atoms with Crippen molar-refractivity contribution in [2.24, 2.45) is 11.1 Å². The molecule has 0 radical (unpaired) electrons. The van der Waals surface area contributed by atoms with Gasteiger partial charge in [0.15, 0.2) is 5.65 Å². The summed E-state index contributed by atoms with van der Waals surface area (Å²) in [6.07, 6.45) is 13.9. The topological polar surface area (TPSA) is 76.8 Å². The number of rotatable bonds is 2. The first-order valence-corrected chi connectivity index (χ1v) is 10.9. The van der Waals surface area contributed by atoms with E-state index in [4.69, 9.17) is 15.7 Å². The van der Waals surface area contributed by atoms with Crippen LogP contribution in [0.5, 0.6) is 0 Å². The maximum absolute atomic E-state index is 6.49. The number of hydrogen-bond donors (Lipinski definition) is 1. The van der Waals surface area contributed by atoms with Gasteiger partial charge in [-0.3, -0.25) is 8.80 Å². The van der Waals surface area contributed by atoms with Gasteiger partial charge in [0.1, 0.15) is 5.65 Å². The van der Waals surface area contributed by atoms with Crippen LogP contribution in [-0.4, -0.2) is 42.9 Å². The third kappa shape index (κ3) is 2.51. The van der Waals surface area contributed by atoms with Gasteiger partial charge in [0, 0.05) is 37.7 Å². The van der Waals surface area contributed by atoms with E-state index >= 15 is 0 Å². The zero-order valence-electron chi connectivity index (χ0n) is 17.3. The second-order valence-electron chi connectivity index (χ2n) is 8.91. The minimum Gasteiger partial charge on any atom is -0.342 e. The molecule has 4 aromatic heterocycles. The number of fused-ring (bicyclic) bond motifs is 2. The summed E-state index contributed by atoms with van der Waals surface area (Å²) in [7, 11) is 0. The molecule has 2 aliphatic rings. The zero-order chi connectivity index (χ0) is 20.3. The Morgan fingerprint density at radius 2 is 1.93 bits per heavy atom. The first kappa shape index (κ1) is 17.9. The molecule has 1 atom stereocenters. The van der Waals surface area contributed by atoms with Gasteiger partial charge in [-0.25, -0.2) is 15.0 Å². The maximum Gasteiger partial charge on any atom is 0.211 e. The minimum atomic E-state index is 0.343. The summed E-state index contributed by atoms with van der Waals surface area (Å²) >= 11 is 0. The molecule has 0 aromatic carbocycles. The van der Waals surface area contributed by atoms with Crippen molar-refractivity contribution in [1.82, 2.24) is 23.8 Å². The number of imidazole rings is 2. The van der Waals surface area contributed by atoms with Crippen molar-refractivity contribution in [2.45, 2.75) is 45.1 Å². The van der Waals surface area contributed by atoms with Crippen LogP contribution in [0.2, 0.25) is 0 Å². The van der Waals surface area contributed by atoms with Gasteiger partial charge in [-0.1, -0.05) is 12.5 Å². The molecule has 30 heavy (non-hydrogen) atoms. The van der Waals surface area contributed by atoms with E-state index in [0.29, 0.717) is 11.5 Å². The lowest BCUT2D eigenvalue weighted by Gasteiger charge is -2.42. The van der Waals surface area contributed by atoms with Crippen LogP contribution in [0.4, 0.5) is 5.95 Å². The van der Waals surface area contributed by atoms with Gasteiger partial charge in [-0.05, 0) is 50.2 Å². The van der Waals surface area contributed by atoms with E-state index in [1.54, 1.807) is 0 Å². The number of aromatic nitrogens is 5. The normalized spacial score (nSPS) is 21.3. The lowest BCUT2D eigenvalue weighted by atomic mass is 9.74. The fraction of sp³-hybridized carbons (Fsp3) is 0.435. The third-order valence-electron chi connectivity index (χ3n) is 7.40. The van der Waals surface area contributed by atoms with Crippen LogP contribution in [0.1, 0.15) is 37.8 Å². The van der Waals surface area contributed by atoms with Crippen molar-refractivity contribution >= 4 is 17.2 Å². The largest absolute Gasteiger partial charge is 0.342 e. The zero-order valence-corrected chi connectivity index (χ0v) is 17.3. The lowest BCUT2D eigenvalue weighted by molar-refractivity contribution is 0.197. The summed E-state index contributed by atoms with van der Waals surface area (Å²) < 4.78 is 4.24. The number of hydrogen-bond acceptors (Lipinski definition) is 5. The molecule has 1 aliphatic carbocycles. The van der Waals surface area contributed by atoms with Crippen LogP contribution in [0.3, 0.4) is 0 Å². The standard InChI is InChI=1S/C23H27N7/c1-16-20(17-15-26-19-6-2-3-11-29(17)19)21-25-10-14-30(21)22(27-16)28-12-8-23(9-13-28)7-4-5-18(23)24/h2-3,6,10-11,14-15,18H,4-5,7-9,12-13,24H2,1H3/t18-/m1/s1. The molecule has 1 spiro atoms. The molecule has 6 rings (SSSR count). The van der Waals surface area contributed by atoms with Crippen LogP contribution in [0, 0.1) is 12.3 Å². The average molecular weight is 402 g/mol. The number of piperidine rings is 1. The highest BCUT2D eigenvalue weighted by Crippen LogP contribution is 2.46. The average Bonchev–Trinajstić information content (AvgIpc) is 3.49. The predicted octanol–water partition coefficient (Wildman–Crippen LogP) is 3.45. The Bertz CT molecular complexity index is 1230. The molecule has 7 nitrogen and oxygen atoms in total. The van der Waals surface area contributed by atoms with Crippen LogP contribution in [-0.2, 0) is 0 Å². The summed E-state index contributed by atoms with van der Waals surface area (Å²) in [6, 6.07) is 6.40. The molecule has 4 aromatic rings. The molecular weight excluding hydrogens is 374 g/mol. The molecule has 7 heteroatoms. The monoisotopic (exact) mass is 401 g/mol.